The lowest BCUT2D eigenvalue weighted by atomic mass is 10.0. The van der Waals surface area contributed by atoms with E-state index in [9.17, 15) is 4.79 Å². The van der Waals surface area contributed by atoms with E-state index < -0.39 is 10.8 Å². The highest BCUT2D eigenvalue weighted by Gasteiger charge is 2.34. The van der Waals surface area contributed by atoms with Crippen LogP contribution >= 0.6 is 11.6 Å². The van der Waals surface area contributed by atoms with E-state index in [1.165, 1.54) is 7.11 Å². The van der Waals surface area contributed by atoms with E-state index in [4.69, 9.17) is 21.1 Å². The summed E-state index contributed by atoms with van der Waals surface area (Å²) in [6.07, 6.45) is 0. The van der Waals surface area contributed by atoms with Crippen LogP contribution in [0.2, 0.25) is 0 Å². The summed E-state index contributed by atoms with van der Waals surface area (Å²) in [5, 5.41) is 0. The number of hydrogen-bond acceptors (Lipinski definition) is 3. The molecular formula is C17H17ClO3. The van der Waals surface area contributed by atoms with E-state index in [1.54, 1.807) is 25.1 Å². The van der Waals surface area contributed by atoms with Crippen molar-refractivity contribution in [3.8, 4) is 5.75 Å². The number of esters is 1. The normalized spacial score (nSPS) is 13.3. The molecule has 0 aliphatic carbocycles. The fourth-order valence-electron chi connectivity index (χ4n) is 1.93. The highest BCUT2D eigenvalue weighted by Crippen LogP contribution is 2.32. The topological polar surface area (TPSA) is 35.5 Å². The first-order chi connectivity index (χ1) is 10.0. The zero-order valence-corrected chi connectivity index (χ0v) is 12.8. The van der Waals surface area contributed by atoms with Crippen molar-refractivity contribution in [3.05, 3.63) is 65.7 Å². The lowest BCUT2D eigenvalue weighted by Gasteiger charge is -2.20. The van der Waals surface area contributed by atoms with E-state index in [-0.39, 0.29) is 0 Å². The SMILES string of the molecule is COC(=O)C(C)(Cl)c1cccc(OCc2ccccc2)c1. The second kappa shape index (κ2) is 6.64. The Kier molecular flexibility index (Phi) is 4.86. The molecule has 1 unspecified atom stereocenters. The van der Waals surface area contributed by atoms with E-state index >= 15 is 0 Å². The fourth-order valence-corrected chi connectivity index (χ4v) is 2.12. The molecule has 21 heavy (non-hydrogen) atoms. The van der Waals surface area contributed by atoms with Gasteiger partial charge >= 0.3 is 5.97 Å². The molecule has 2 aromatic rings. The second-order valence-corrected chi connectivity index (χ2v) is 5.55. The minimum atomic E-state index is -1.22. The second-order valence-electron chi connectivity index (χ2n) is 4.80. The molecule has 0 N–H and O–H groups in total. The standard InChI is InChI=1S/C17H17ClO3/c1-17(18,16(19)20-2)14-9-6-10-15(11-14)21-12-13-7-4-3-5-8-13/h3-11H,12H2,1-2H3. The molecule has 0 saturated carbocycles. The molecule has 0 aromatic heterocycles. The van der Waals surface area contributed by atoms with Gasteiger partial charge in [0.05, 0.1) is 7.11 Å². The molecule has 0 bridgehead atoms. The third-order valence-corrected chi connectivity index (χ3v) is 3.57. The van der Waals surface area contributed by atoms with E-state index in [2.05, 4.69) is 0 Å². The summed E-state index contributed by atoms with van der Waals surface area (Å²) in [6.45, 7) is 2.07. The van der Waals surface area contributed by atoms with Gasteiger partial charge in [0.1, 0.15) is 12.4 Å². The summed E-state index contributed by atoms with van der Waals surface area (Å²) in [4.78, 5) is 10.5. The van der Waals surface area contributed by atoms with Gasteiger partial charge in [-0.2, -0.15) is 0 Å². The van der Waals surface area contributed by atoms with E-state index in [0.29, 0.717) is 17.9 Å². The molecule has 3 nitrogen and oxygen atoms in total. The Hall–Kier alpha value is -2.00. The maximum absolute atomic E-state index is 11.7. The molecule has 2 aromatic carbocycles. The van der Waals surface area contributed by atoms with Gasteiger partial charge in [-0.1, -0.05) is 42.5 Å². The first-order valence-electron chi connectivity index (χ1n) is 6.58. The predicted octanol–water partition coefficient (Wildman–Crippen LogP) is 3.89. The lowest BCUT2D eigenvalue weighted by Crippen LogP contribution is -2.27. The Morgan fingerprint density at radius 3 is 2.52 bits per heavy atom. The van der Waals surface area contributed by atoms with Crippen molar-refractivity contribution in [1.82, 2.24) is 0 Å². The first kappa shape index (κ1) is 15.4. The van der Waals surface area contributed by atoms with Crippen LogP contribution in [0.5, 0.6) is 5.75 Å². The average Bonchev–Trinajstić information content (AvgIpc) is 2.53. The minimum absolute atomic E-state index is 0.460. The van der Waals surface area contributed by atoms with Gasteiger partial charge in [0.2, 0.25) is 0 Å². The van der Waals surface area contributed by atoms with Gasteiger partial charge in [-0.15, -0.1) is 11.6 Å². The van der Waals surface area contributed by atoms with Crippen LogP contribution in [-0.4, -0.2) is 13.1 Å². The molecule has 1 atom stereocenters. The van der Waals surface area contributed by atoms with Crippen LogP contribution in [0.1, 0.15) is 18.1 Å². The van der Waals surface area contributed by atoms with Crippen molar-refractivity contribution in [2.24, 2.45) is 0 Å². The van der Waals surface area contributed by atoms with Crippen molar-refractivity contribution >= 4 is 17.6 Å². The van der Waals surface area contributed by atoms with Crippen LogP contribution in [0.3, 0.4) is 0 Å². The number of ether oxygens (including phenoxy) is 2. The molecule has 0 radical (unpaired) electrons. The number of carbonyl (C=O) groups is 1. The van der Waals surface area contributed by atoms with Gasteiger partial charge in [0.15, 0.2) is 4.87 Å². The first-order valence-corrected chi connectivity index (χ1v) is 6.96. The summed E-state index contributed by atoms with van der Waals surface area (Å²) in [5.41, 5.74) is 1.71. The Balaban J connectivity index is 2.13. The highest BCUT2D eigenvalue weighted by molar-refractivity contribution is 6.33. The molecule has 110 valence electrons. The summed E-state index contributed by atoms with van der Waals surface area (Å²) in [5.74, 6) is 0.163. The van der Waals surface area contributed by atoms with Crippen molar-refractivity contribution in [1.29, 1.82) is 0 Å². The summed E-state index contributed by atoms with van der Waals surface area (Å²) in [7, 11) is 1.32. The number of alkyl halides is 1. The average molecular weight is 305 g/mol. The highest BCUT2D eigenvalue weighted by atomic mass is 35.5. The van der Waals surface area contributed by atoms with Gasteiger partial charge in [-0.05, 0) is 30.2 Å². The Bertz CT molecular complexity index is 608. The number of hydrogen-bond donors (Lipinski definition) is 0. The molecule has 0 heterocycles. The number of halogens is 1. The van der Waals surface area contributed by atoms with E-state index in [0.717, 1.165) is 5.56 Å². The van der Waals surface area contributed by atoms with Crippen LogP contribution in [0.15, 0.2) is 54.6 Å². The molecule has 0 aliphatic rings. The van der Waals surface area contributed by atoms with Crippen LogP contribution in [-0.2, 0) is 21.0 Å². The number of methoxy groups -OCH3 is 1. The summed E-state index contributed by atoms with van der Waals surface area (Å²) >= 11 is 6.27. The molecule has 0 saturated heterocycles. The van der Waals surface area contributed by atoms with Crippen LogP contribution in [0, 0.1) is 0 Å². The summed E-state index contributed by atoms with van der Waals surface area (Å²) < 4.78 is 10.5. The number of rotatable bonds is 5. The van der Waals surface area contributed by atoms with Crippen molar-refractivity contribution in [2.75, 3.05) is 7.11 Å². The molecule has 2 rings (SSSR count). The van der Waals surface area contributed by atoms with Gasteiger partial charge in [0, 0.05) is 0 Å². The van der Waals surface area contributed by atoms with Gasteiger partial charge < -0.3 is 9.47 Å². The maximum Gasteiger partial charge on any atom is 0.331 e. The molecule has 0 spiro atoms. The zero-order valence-electron chi connectivity index (χ0n) is 12.0. The largest absolute Gasteiger partial charge is 0.489 e. The van der Waals surface area contributed by atoms with Crippen molar-refractivity contribution in [2.45, 2.75) is 18.4 Å². The molecule has 4 heteroatoms. The molecular weight excluding hydrogens is 288 g/mol. The quantitative estimate of drug-likeness (QED) is 0.621. The predicted molar refractivity (Wildman–Crippen MR) is 82.4 cm³/mol. The molecule has 0 fully saturated rings. The van der Waals surface area contributed by atoms with Crippen LogP contribution in [0.4, 0.5) is 0 Å². The minimum Gasteiger partial charge on any atom is -0.489 e. The Labute approximate surface area is 129 Å². The van der Waals surface area contributed by atoms with Gasteiger partial charge in [-0.25, -0.2) is 4.79 Å². The van der Waals surface area contributed by atoms with Crippen LogP contribution < -0.4 is 4.74 Å². The van der Waals surface area contributed by atoms with Crippen LogP contribution in [0.25, 0.3) is 0 Å². The monoisotopic (exact) mass is 304 g/mol. The molecule has 0 aliphatic heterocycles. The number of benzene rings is 2. The molecule has 0 amide bonds. The maximum atomic E-state index is 11.7. The third kappa shape index (κ3) is 3.76. The van der Waals surface area contributed by atoms with Gasteiger partial charge in [0.25, 0.3) is 0 Å². The fraction of sp³-hybridized carbons (Fsp3) is 0.235. The van der Waals surface area contributed by atoms with Crippen molar-refractivity contribution in [3.63, 3.8) is 0 Å². The van der Waals surface area contributed by atoms with E-state index in [1.807, 2.05) is 36.4 Å². The Morgan fingerprint density at radius 1 is 1.14 bits per heavy atom. The Morgan fingerprint density at radius 2 is 1.86 bits per heavy atom. The zero-order chi connectivity index (χ0) is 15.3. The number of carbonyl (C=O) groups excluding carboxylic acids is 1. The summed E-state index contributed by atoms with van der Waals surface area (Å²) in [6, 6.07) is 17.0. The van der Waals surface area contributed by atoms with Gasteiger partial charge in [-0.3, -0.25) is 0 Å². The third-order valence-electron chi connectivity index (χ3n) is 3.19. The smallest absolute Gasteiger partial charge is 0.331 e. The van der Waals surface area contributed by atoms with Crippen molar-refractivity contribution < 1.29 is 14.3 Å². The lowest BCUT2D eigenvalue weighted by molar-refractivity contribution is -0.143.